The van der Waals surface area contributed by atoms with Gasteiger partial charge in [-0.05, 0) is 43.2 Å². The number of carbonyl (C=O) groups excluding carboxylic acids is 1. The fourth-order valence-corrected chi connectivity index (χ4v) is 2.74. The number of anilines is 2. The summed E-state index contributed by atoms with van der Waals surface area (Å²) in [5.41, 5.74) is 0.285. The molecule has 0 bridgehead atoms. The number of amides is 1. The quantitative estimate of drug-likeness (QED) is 0.924. The van der Waals surface area contributed by atoms with Crippen molar-refractivity contribution in [1.82, 2.24) is 4.98 Å². The Bertz CT molecular complexity index is 726. The van der Waals surface area contributed by atoms with Gasteiger partial charge in [0.25, 0.3) is 5.91 Å². The largest absolute Gasteiger partial charge is 0.416 e. The van der Waals surface area contributed by atoms with E-state index in [1.165, 1.54) is 18.5 Å². The average molecular weight is 335 g/mol. The lowest BCUT2D eigenvalue weighted by molar-refractivity contribution is -0.137. The molecule has 0 saturated carbocycles. The minimum atomic E-state index is -4.46. The number of aromatic nitrogens is 1. The highest BCUT2D eigenvalue weighted by atomic mass is 19.4. The van der Waals surface area contributed by atoms with E-state index in [4.69, 9.17) is 0 Å². The van der Waals surface area contributed by atoms with Crippen LogP contribution in [0.1, 0.15) is 28.8 Å². The number of hydrogen-bond donors (Lipinski definition) is 1. The zero-order chi connectivity index (χ0) is 17.2. The maximum atomic E-state index is 13.0. The van der Waals surface area contributed by atoms with Gasteiger partial charge in [0.1, 0.15) is 0 Å². The minimum Gasteiger partial charge on any atom is -0.370 e. The van der Waals surface area contributed by atoms with Gasteiger partial charge in [-0.1, -0.05) is 0 Å². The molecule has 2 heterocycles. The zero-order valence-corrected chi connectivity index (χ0v) is 12.8. The second-order valence-electron chi connectivity index (χ2n) is 5.62. The number of alkyl halides is 3. The molecule has 1 saturated heterocycles. The standard InChI is InChI=1S/C17H16F3N3O/c18-17(19,20)13-5-6-15(23-8-1-2-9-23)14(10-13)22-16(24)12-4-3-7-21-11-12/h3-7,10-11H,1-2,8-9H2,(H,22,24). The highest BCUT2D eigenvalue weighted by molar-refractivity contribution is 6.05. The maximum absolute atomic E-state index is 13.0. The van der Waals surface area contributed by atoms with E-state index in [9.17, 15) is 18.0 Å². The molecule has 0 aliphatic carbocycles. The van der Waals surface area contributed by atoms with Crippen LogP contribution in [0.5, 0.6) is 0 Å². The molecule has 3 rings (SSSR count). The molecule has 1 fully saturated rings. The third-order valence-corrected chi connectivity index (χ3v) is 3.94. The molecule has 0 spiro atoms. The van der Waals surface area contributed by atoms with Crippen molar-refractivity contribution in [2.24, 2.45) is 0 Å². The molecule has 1 amide bonds. The summed E-state index contributed by atoms with van der Waals surface area (Å²) in [5, 5.41) is 2.60. The molecular weight excluding hydrogens is 319 g/mol. The molecule has 4 nitrogen and oxygen atoms in total. The van der Waals surface area contributed by atoms with Crippen LogP contribution in [0.15, 0.2) is 42.7 Å². The molecule has 1 aliphatic rings. The van der Waals surface area contributed by atoms with E-state index >= 15 is 0 Å². The Morgan fingerprint density at radius 2 is 1.92 bits per heavy atom. The van der Waals surface area contributed by atoms with E-state index in [1.54, 1.807) is 12.1 Å². The molecule has 0 unspecified atom stereocenters. The number of nitrogens with zero attached hydrogens (tertiary/aromatic N) is 2. The number of nitrogens with one attached hydrogen (secondary N) is 1. The molecule has 1 aliphatic heterocycles. The van der Waals surface area contributed by atoms with Gasteiger partial charge < -0.3 is 10.2 Å². The van der Waals surface area contributed by atoms with Gasteiger partial charge in [0.05, 0.1) is 22.5 Å². The Morgan fingerprint density at radius 3 is 2.54 bits per heavy atom. The van der Waals surface area contributed by atoms with Crippen LogP contribution in [0.4, 0.5) is 24.5 Å². The summed E-state index contributed by atoms with van der Waals surface area (Å²) in [7, 11) is 0. The highest BCUT2D eigenvalue weighted by Crippen LogP contribution is 2.36. The van der Waals surface area contributed by atoms with Crippen molar-refractivity contribution in [3.8, 4) is 0 Å². The lowest BCUT2D eigenvalue weighted by Gasteiger charge is -2.23. The summed E-state index contributed by atoms with van der Waals surface area (Å²) in [5.74, 6) is -0.483. The van der Waals surface area contributed by atoms with E-state index in [0.717, 1.165) is 38.1 Å². The predicted molar refractivity (Wildman–Crippen MR) is 85.1 cm³/mol. The Hall–Kier alpha value is -2.57. The number of hydrogen-bond acceptors (Lipinski definition) is 3. The fraction of sp³-hybridized carbons (Fsp3) is 0.294. The van der Waals surface area contributed by atoms with Crippen molar-refractivity contribution in [2.45, 2.75) is 19.0 Å². The molecule has 0 radical (unpaired) electrons. The zero-order valence-electron chi connectivity index (χ0n) is 12.8. The van der Waals surface area contributed by atoms with Crippen molar-refractivity contribution >= 4 is 17.3 Å². The third-order valence-electron chi connectivity index (χ3n) is 3.94. The van der Waals surface area contributed by atoms with Gasteiger partial charge >= 0.3 is 6.18 Å². The monoisotopic (exact) mass is 335 g/mol. The van der Waals surface area contributed by atoms with Gasteiger partial charge in [0, 0.05) is 25.5 Å². The van der Waals surface area contributed by atoms with Gasteiger partial charge in [-0.2, -0.15) is 13.2 Å². The fourth-order valence-electron chi connectivity index (χ4n) is 2.74. The van der Waals surface area contributed by atoms with Crippen molar-refractivity contribution in [3.63, 3.8) is 0 Å². The normalized spacial score (nSPS) is 14.7. The molecule has 1 N–H and O–H groups in total. The lowest BCUT2D eigenvalue weighted by atomic mass is 10.1. The molecule has 2 aromatic rings. The smallest absolute Gasteiger partial charge is 0.370 e. The van der Waals surface area contributed by atoms with Gasteiger partial charge in [0.2, 0.25) is 0 Å². The first-order chi connectivity index (χ1) is 11.4. The number of carbonyl (C=O) groups is 1. The molecule has 0 atom stereocenters. The van der Waals surface area contributed by atoms with Crippen LogP contribution >= 0.6 is 0 Å². The average Bonchev–Trinajstić information content (AvgIpc) is 3.09. The van der Waals surface area contributed by atoms with Gasteiger partial charge in [-0.25, -0.2) is 0 Å². The first-order valence-corrected chi connectivity index (χ1v) is 7.63. The van der Waals surface area contributed by atoms with Crippen LogP contribution in [0, 0.1) is 0 Å². The third kappa shape index (κ3) is 3.50. The molecule has 24 heavy (non-hydrogen) atoms. The van der Waals surface area contributed by atoms with Crippen LogP contribution in [0.25, 0.3) is 0 Å². The Balaban J connectivity index is 1.94. The summed E-state index contributed by atoms with van der Waals surface area (Å²) in [6.45, 7) is 1.53. The first kappa shape index (κ1) is 16.3. The van der Waals surface area contributed by atoms with Crippen molar-refractivity contribution in [2.75, 3.05) is 23.3 Å². The highest BCUT2D eigenvalue weighted by Gasteiger charge is 2.32. The minimum absolute atomic E-state index is 0.167. The Labute approximate surface area is 137 Å². The summed E-state index contributed by atoms with van der Waals surface area (Å²) in [6, 6.07) is 6.62. The number of rotatable bonds is 3. The number of benzene rings is 1. The maximum Gasteiger partial charge on any atom is 0.416 e. The van der Waals surface area contributed by atoms with Crippen LogP contribution < -0.4 is 10.2 Å². The lowest BCUT2D eigenvalue weighted by Crippen LogP contribution is -2.22. The van der Waals surface area contributed by atoms with Gasteiger partial charge in [-0.3, -0.25) is 9.78 Å². The molecular formula is C17H16F3N3O. The van der Waals surface area contributed by atoms with Crippen molar-refractivity contribution in [3.05, 3.63) is 53.9 Å². The van der Waals surface area contributed by atoms with Crippen LogP contribution in [-0.2, 0) is 6.18 Å². The second kappa shape index (κ2) is 6.51. The van der Waals surface area contributed by atoms with Crippen molar-refractivity contribution in [1.29, 1.82) is 0 Å². The van der Waals surface area contributed by atoms with E-state index in [0.29, 0.717) is 11.3 Å². The summed E-state index contributed by atoms with van der Waals surface area (Å²) >= 11 is 0. The second-order valence-corrected chi connectivity index (χ2v) is 5.62. The van der Waals surface area contributed by atoms with Crippen molar-refractivity contribution < 1.29 is 18.0 Å². The summed E-state index contributed by atoms with van der Waals surface area (Å²) in [6.07, 6.45) is 0.403. The summed E-state index contributed by atoms with van der Waals surface area (Å²) < 4.78 is 39.0. The predicted octanol–water partition coefficient (Wildman–Crippen LogP) is 3.95. The topological polar surface area (TPSA) is 45.2 Å². The van der Waals surface area contributed by atoms with Crippen LogP contribution in [0.3, 0.4) is 0 Å². The van der Waals surface area contributed by atoms with Crippen LogP contribution in [-0.4, -0.2) is 24.0 Å². The Kier molecular flexibility index (Phi) is 4.42. The first-order valence-electron chi connectivity index (χ1n) is 7.63. The molecule has 1 aromatic carbocycles. The Morgan fingerprint density at radius 1 is 1.17 bits per heavy atom. The van der Waals surface area contributed by atoms with Crippen LogP contribution in [0.2, 0.25) is 0 Å². The number of pyridine rings is 1. The molecule has 7 heteroatoms. The van der Waals surface area contributed by atoms with Gasteiger partial charge in [0.15, 0.2) is 0 Å². The SMILES string of the molecule is O=C(Nc1cc(C(F)(F)F)ccc1N1CCCC1)c1cccnc1. The number of halogens is 3. The van der Waals surface area contributed by atoms with E-state index in [1.807, 2.05) is 4.90 Å². The van der Waals surface area contributed by atoms with E-state index in [2.05, 4.69) is 10.3 Å². The van der Waals surface area contributed by atoms with E-state index in [-0.39, 0.29) is 5.69 Å². The van der Waals surface area contributed by atoms with E-state index < -0.39 is 17.6 Å². The van der Waals surface area contributed by atoms with Gasteiger partial charge in [-0.15, -0.1) is 0 Å². The molecule has 126 valence electrons. The molecule has 1 aromatic heterocycles. The summed E-state index contributed by atoms with van der Waals surface area (Å²) in [4.78, 5) is 18.1.